The Morgan fingerprint density at radius 2 is 2.05 bits per heavy atom. The molecule has 2 aliphatic carbocycles. The number of carbonyl (C=O) groups is 2. The van der Waals surface area contributed by atoms with E-state index in [1.165, 1.54) is 31.5 Å². The van der Waals surface area contributed by atoms with E-state index in [1.54, 1.807) is 6.07 Å². The Labute approximate surface area is 111 Å². The number of nitrogens with zero attached hydrogens (tertiary/aromatic N) is 1. The average Bonchev–Trinajstić information content (AvgIpc) is 2.89. The van der Waals surface area contributed by atoms with Crippen LogP contribution < -0.4 is 5.32 Å². The number of aromatic carboxylic acids is 1. The molecule has 5 heteroatoms. The minimum atomic E-state index is -1.04. The molecule has 1 aromatic rings. The molecule has 3 rings (SSSR count). The lowest BCUT2D eigenvalue weighted by molar-refractivity contribution is -0.123. The second kappa shape index (κ2) is 4.64. The molecule has 1 aromatic heterocycles. The van der Waals surface area contributed by atoms with Gasteiger partial charge in [0.2, 0.25) is 5.91 Å². The number of carboxylic acid groups (broad SMARTS) is 1. The first-order chi connectivity index (χ1) is 9.16. The zero-order valence-electron chi connectivity index (χ0n) is 10.5. The molecular formula is C14H16N2O3. The number of hydrogen-bond acceptors (Lipinski definition) is 3. The van der Waals surface area contributed by atoms with Gasteiger partial charge in [-0.05, 0) is 36.3 Å². The molecule has 0 aliphatic heterocycles. The van der Waals surface area contributed by atoms with Crippen molar-refractivity contribution in [3.05, 3.63) is 29.6 Å². The van der Waals surface area contributed by atoms with Crippen LogP contribution in [0.1, 0.15) is 35.3 Å². The lowest BCUT2D eigenvalue weighted by Crippen LogP contribution is -2.26. The predicted molar refractivity (Wildman–Crippen MR) is 67.4 cm³/mol. The second-order valence-electron chi connectivity index (χ2n) is 5.36. The van der Waals surface area contributed by atoms with E-state index in [4.69, 9.17) is 5.11 Å². The van der Waals surface area contributed by atoms with Gasteiger partial charge in [-0.15, -0.1) is 0 Å². The summed E-state index contributed by atoms with van der Waals surface area (Å²) in [5.41, 5.74) is 0.843. The average molecular weight is 260 g/mol. The van der Waals surface area contributed by atoms with E-state index in [-0.39, 0.29) is 17.5 Å². The third kappa shape index (κ3) is 2.32. The number of nitrogens with one attached hydrogen (secondary N) is 1. The number of hydrogen-bond donors (Lipinski definition) is 2. The second-order valence-corrected chi connectivity index (χ2v) is 5.36. The van der Waals surface area contributed by atoms with Crippen molar-refractivity contribution in [2.24, 2.45) is 17.8 Å². The lowest BCUT2D eigenvalue weighted by Gasteiger charge is -2.06. The zero-order chi connectivity index (χ0) is 13.4. The van der Waals surface area contributed by atoms with Crippen LogP contribution in [0.5, 0.6) is 0 Å². The van der Waals surface area contributed by atoms with E-state index in [0.717, 1.165) is 5.56 Å². The van der Waals surface area contributed by atoms with Gasteiger partial charge in [0, 0.05) is 18.7 Å². The third-order valence-electron chi connectivity index (χ3n) is 4.22. The molecule has 100 valence electrons. The van der Waals surface area contributed by atoms with Gasteiger partial charge < -0.3 is 10.4 Å². The fourth-order valence-corrected chi connectivity index (χ4v) is 3.17. The highest BCUT2D eigenvalue weighted by atomic mass is 16.4. The Kier molecular flexibility index (Phi) is 2.97. The van der Waals surface area contributed by atoms with Gasteiger partial charge in [-0.2, -0.15) is 0 Å². The maximum absolute atomic E-state index is 11.9. The summed E-state index contributed by atoms with van der Waals surface area (Å²) in [6, 6.07) is 3.14. The molecule has 0 aromatic carbocycles. The summed E-state index contributed by atoms with van der Waals surface area (Å²) >= 11 is 0. The molecule has 0 spiro atoms. The number of rotatable bonds is 4. The molecule has 0 bridgehead atoms. The van der Waals surface area contributed by atoms with Gasteiger partial charge in [-0.25, -0.2) is 9.78 Å². The van der Waals surface area contributed by atoms with Crippen LogP contribution in [0.2, 0.25) is 0 Å². The fourth-order valence-electron chi connectivity index (χ4n) is 3.17. The quantitative estimate of drug-likeness (QED) is 0.858. The van der Waals surface area contributed by atoms with Gasteiger partial charge in [0.15, 0.2) is 0 Å². The summed E-state index contributed by atoms with van der Waals surface area (Å²) in [6.07, 6.45) is 5.15. The molecule has 1 heterocycles. The van der Waals surface area contributed by atoms with Gasteiger partial charge >= 0.3 is 5.97 Å². The van der Waals surface area contributed by atoms with Gasteiger partial charge in [0.25, 0.3) is 0 Å². The van der Waals surface area contributed by atoms with Crippen molar-refractivity contribution in [2.75, 3.05) is 0 Å². The van der Waals surface area contributed by atoms with Crippen molar-refractivity contribution in [1.82, 2.24) is 10.3 Å². The van der Waals surface area contributed by atoms with E-state index in [9.17, 15) is 9.59 Å². The zero-order valence-corrected chi connectivity index (χ0v) is 10.5. The van der Waals surface area contributed by atoms with Crippen LogP contribution in [0.25, 0.3) is 0 Å². The molecule has 2 unspecified atom stereocenters. The highest BCUT2D eigenvalue weighted by Gasteiger charge is 2.56. The van der Waals surface area contributed by atoms with Crippen LogP contribution in [-0.4, -0.2) is 22.0 Å². The molecule has 0 radical (unpaired) electrons. The van der Waals surface area contributed by atoms with E-state index < -0.39 is 5.97 Å². The van der Waals surface area contributed by atoms with Crippen LogP contribution in [0.15, 0.2) is 18.3 Å². The number of amides is 1. The monoisotopic (exact) mass is 260 g/mol. The molecule has 2 saturated carbocycles. The van der Waals surface area contributed by atoms with Crippen molar-refractivity contribution in [3.8, 4) is 0 Å². The number of aromatic nitrogens is 1. The van der Waals surface area contributed by atoms with Crippen LogP contribution in [0.4, 0.5) is 0 Å². The molecule has 2 atom stereocenters. The molecule has 19 heavy (non-hydrogen) atoms. The van der Waals surface area contributed by atoms with E-state index >= 15 is 0 Å². The number of carboxylic acids is 1. The lowest BCUT2D eigenvalue weighted by atomic mass is 10.1. The Hall–Kier alpha value is -1.91. The molecule has 0 saturated heterocycles. The number of fused-ring (bicyclic) bond motifs is 1. The van der Waals surface area contributed by atoms with Gasteiger partial charge in [-0.1, -0.05) is 12.5 Å². The van der Waals surface area contributed by atoms with Crippen LogP contribution in [0.3, 0.4) is 0 Å². The van der Waals surface area contributed by atoms with Gasteiger partial charge in [0.1, 0.15) is 5.69 Å². The standard InChI is InChI=1S/C14H16N2O3/c17-13(12-9-2-1-3-10(9)12)16-7-8-4-5-11(14(18)19)15-6-8/h4-6,9-10,12H,1-3,7H2,(H,16,17)(H,18,19). The summed E-state index contributed by atoms with van der Waals surface area (Å²) < 4.78 is 0. The smallest absolute Gasteiger partial charge is 0.354 e. The predicted octanol–water partition coefficient (Wildman–Crippen LogP) is 1.44. The van der Waals surface area contributed by atoms with Crippen molar-refractivity contribution in [3.63, 3.8) is 0 Å². The first-order valence-corrected chi connectivity index (χ1v) is 6.63. The summed E-state index contributed by atoms with van der Waals surface area (Å²) in [6.45, 7) is 0.418. The minimum absolute atomic E-state index is 0.0202. The highest BCUT2D eigenvalue weighted by molar-refractivity contribution is 5.85. The Balaban J connectivity index is 1.52. The van der Waals surface area contributed by atoms with E-state index in [2.05, 4.69) is 10.3 Å². The maximum atomic E-state index is 11.9. The minimum Gasteiger partial charge on any atom is -0.477 e. The number of pyridine rings is 1. The third-order valence-corrected chi connectivity index (χ3v) is 4.22. The Morgan fingerprint density at radius 1 is 1.32 bits per heavy atom. The molecule has 2 fully saturated rings. The molecular weight excluding hydrogens is 244 g/mol. The first kappa shape index (κ1) is 12.1. The first-order valence-electron chi connectivity index (χ1n) is 6.63. The van der Waals surface area contributed by atoms with Crippen molar-refractivity contribution in [1.29, 1.82) is 0 Å². The van der Waals surface area contributed by atoms with E-state index in [0.29, 0.717) is 18.4 Å². The van der Waals surface area contributed by atoms with Crippen molar-refractivity contribution in [2.45, 2.75) is 25.8 Å². The van der Waals surface area contributed by atoms with Crippen LogP contribution >= 0.6 is 0 Å². The summed E-state index contributed by atoms with van der Waals surface area (Å²) in [7, 11) is 0. The number of carbonyl (C=O) groups excluding carboxylic acids is 1. The summed E-state index contributed by atoms with van der Waals surface area (Å²) in [5, 5.41) is 11.6. The fraction of sp³-hybridized carbons (Fsp3) is 0.500. The normalized spacial score (nSPS) is 27.7. The van der Waals surface area contributed by atoms with Gasteiger partial charge in [-0.3, -0.25) is 4.79 Å². The Bertz CT molecular complexity index is 502. The van der Waals surface area contributed by atoms with Crippen molar-refractivity contribution < 1.29 is 14.7 Å². The van der Waals surface area contributed by atoms with E-state index in [1.807, 2.05) is 0 Å². The largest absolute Gasteiger partial charge is 0.477 e. The Morgan fingerprint density at radius 3 is 2.63 bits per heavy atom. The molecule has 2 aliphatic rings. The summed E-state index contributed by atoms with van der Waals surface area (Å²) in [5.74, 6) is 0.554. The highest BCUT2D eigenvalue weighted by Crippen LogP contribution is 2.57. The molecule has 2 N–H and O–H groups in total. The topological polar surface area (TPSA) is 79.3 Å². The van der Waals surface area contributed by atoms with Crippen LogP contribution in [-0.2, 0) is 11.3 Å². The van der Waals surface area contributed by atoms with Gasteiger partial charge in [0.05, 0.1) is 0 Å². The SMILES string of the molecule is O=C(O)c1ccc(CNC(=O)C2C3CCCC32)cn1. The summed E-state index contributed by atoms with van der Waals surface area (Å²) in [4.78, 5) is 26.4. The van der Waals surface area contributed by atoms with Crippen LogP contribution in [0, 0.1) is 17.8 Å². The van der Waals surface area contributed by atoms with Crippen molar-refractivity contribution >= 4 is 11.9 Å². The maximum Gasteiger partial charge on any atom is 0.354 e. The molecule has 5 nitrogen and oxygen atoms in total. The molecule has 1 amide bonds.